The van der Waals surface area contributed by atoms with Crippen molar-refractivity contribution in [1.29, 1.82) is 0 Å². The van der Waals surface area contributed by atoms with Crippen molar-refractivity contribution in [3.05, 3.63) is 39.7 Å². The van der Waals surface area contributed by atoms with Gasteiger partial charge in [-0.05, 0) is 6.07 Å². The minimum absolute atomic E-state index is 0.0590. The van der Waals surface area contributed by atoms with E-state index >= 15 is 0 Å². The predicted molar refractivity (Wildman–Crippen MR) is 68.5 cm³/mol. The molecular formula is C12H16FN3O3. The average Bonchev–Trinajstić information content (AvgIpc) is 2.33. The second-order valence-corrected chi connectivity index (χ2v) is 4.32. The lowest BCUT2D eigenvalue weighted by Crippen LogP contribution is -2.34. The fourth-order valence-electron chi connectivity index (χ4n) is 1.45. The standard InChI is InChI=1S/C12H16FN3O3/c1-8(2)14-3-4-15-12(17)9-5-10(13)7-11(6-9)16(18)19/h5-8,14H,3-4H2,1-2H3,(H,15,17). The van der Waals surface area contributed by atoms with Gasteiger partial charge in [0.25, 0.3) is 11.6 Å². The summed E-state index contributed by atoms with van der Waals surface area (Å²) in [6.45, 7) is 4.87. The van der Waals surface area contributed by atoms with Crippen LogP contribution >= 0.6 is 0 Å². The molecule has 1 aromatic rings. The van der Waals surface area contributed by atoms with Gasteiger partial charge in [0.15, 0.2) is 0 Å². The van der Waals surface area contributed by atoms with Crippen LogP contribution < -0.4 is 10.6 Å². The van der Waals surface area contributed by atoms with Crippen LogP contribution in [-0.4, -0.2) is 30.0 Å². The molecule has 7 heteroatoms. The van der Waals surface area contributed by atoms with E-state index in [1.54, 1.807) is 0 Å². The van der Waals surface area contributed by atoms with Crippen LogP contribution in [-0.2, 0) is 0 Å². The highest BCUT2D eigenvalue weighted by molar-refractivity contribution is 5.94. The molecule has 6 nitrogen and oxygen atoms in total. The summed E-state index contributed by atoms with van der Waals surface area (Å²) >= 11 is 0. The van der Waals surface area contributed by atoms with E-state index < -0.39 is 22.3 Å². The fourth-order valence-corrected chi connectivity index (χ4v) is 1.45. The third-order valence-electron chi connectivity index (χ3n) is 2.32. The van der Waals surface area contributed by atoms with Gasteiger partial charge in [-0.25, -0.2) is 4.39 Å². The van der Waals surface area contributed by atoms with Gasteiger partial charge < -0.3 is 10.6 Å². The first-order valence-electron chi connectivity index (χ1n) is 5.86. The summed E-state index contributed by atoms with van der Waals surface area (Å²) < 4.78 is 13.1. The molecule has 0 unspecified atom stereocenters. The summed E-state index contributed by atoms with van der Waals surface area (Å²) in [6.07, 6.45) is 0. The van der Waals surface area contributed by atoms with Crippen LogP contribution in [0.25, 0.3) is 0 Å². The minimum Gasteiger partial charge on any atom is -0.351 e. The Kier molecular flexibility index (Phi) is 5.37. The smallest absolute Gasteiger partial charge is 0.273 e. The summed E-state index contributed by atoms with van der Waals surface area (Å²) in [5.41, 5.74) is -0.498. The molecule has 0 aliphatic heterocycles. The maximum absolute atomic E-state index is 13.1. The zero-order chi connectivity index (χ0) is 14.4. The van der Waals surface area contributed by atoms with Crippen LogP contribution in [0, 0.1) is 15.9 Å². The van der Waals surface area contributed by atoms with Crippen LogP contribution in [0.4, 0.5) is 10.1 Å². The summed E-state index contributed by atoms with van der Waals surface area (Å²) in [7, 11) is 0. The van der Waals surface area contributed by atoms with Gasteiger partial charge in [-0.2, -0.15) is 0 Å². The van der Waals surface area contributed by atoms with Crippen molar-refractivity contribution in [2.24, 2.45) is 0 Å². The van der Waals surface area contributed by atoms with E-state index in [0.717, 1.165) is 18.2 Å². The van der Waals surface area contributed by atoms with E-state index in [-0.39, 0.29) is 5.56 Å². The Balaban J connectivity index is 2.64. The zero-order valence-electron chi connectivity index (χ0n) is 10.8. The van der Waals surface area contributed by atoms with Crippen molar-refractivity contribution < 1.29 is 14.1 Å². The molecular weight excluding hydrogens is 253 g/mol. The molecule has 0 bridgehead atoms. The van der Waals surface area contributed by atoms with E-state index in [2.05, 4.69) is 10.6 Å². The first-order chi connectivity index (χ1) is 8.90. The lowest BCUT2D eigenvalue weighted by molar-refractivity contribution is -0.385. The molecule has 0 radical (unpaired) electrons. The number of non-ortho nitro benzene ring substituents is 1. The van der Waals surface area contributed by atoms with Gasteiger partial charge in [-0.1, -0.05) is 13.8 Å². The molecule has 104 valence electrons. The monoisotopic (exact) mass is 269 g/mol. The first-order valence-corrected chi connectivity index (χ1v) is 5.86. The number of nitro benzene ring substituents is 1. The molecule has 0 aromatic heterocycles. The lowest BCUT2D eigenvalue weighted by atomic mass is 10.2. The Morgan fingerprint density at radius 3 is 2.63 bits per heavy atom. The number of benzene rings is 1. The molecule has 0 saturated carbocycles. The number of amides is 1. The van der Waals surface area contributed by atoms with E-state index in [1.165, 1.54) is 0 Å². The zero-order valence-corrected chi connectivity index (χ0v) is 10.8. The van der Waals surface area contributed by atoms with Crippen LogP contribution in [0.5, 0.6) is 0 Å². The van der Waals surface area contributed by atoms with Gasteiger partial charge in [0.05, 0.1) is 11.0 Å². The summed E-state index contributed by atoms with van der Waals surface area (Å²) in [4.78, 5) is 21.5. The van der Waals surface area contributed by atoms with Crippen molar-refractivity contribution in [3.8, 4) is 0 Å². The molecule has 0 spiro atoms. The van der Waals surface area contributed by atoms with Crippen molar-refractivity contribution >= 4 is 11.6 Å². The molecule has 0 fully saturated rings. The summed E-state index contributed by atoms with van der Waals surface area (Å²) in [5.74, 6) is -1.34. The van der Waals surface area contributed by atoms with Gasteiger partial charge in [0.2, 0.25) is 0 Å². The normalized spacial score (nSPS) is 10.5. The Morgan fingerprint density at radius 2 is 2.05 bits per heavy atom. The molecule has 2 N–H and O–H groups in total. The van der Waals surface area contributed by atoms with Gasteiger partial charge in [0, 0.05) is 30.8 Å². The molecule has 0 aliphatic carbocycles. The number of nitrogens with one attached hydrogen (secondary N) is 2. The molecule has 0 atom stereocenters. The number of carbonyl (C=O) groups excluding carboxylic acids is 1. The number of rotatable bonds is 6. The third-order valence-corrected chi connectivity index (χ3v) is 2.32. The number of carbonyl (C=O) groups is 1. The van der Waals surface area contributed by atoms with Gasteiger partial charge in [-0.15, -0.1) is 0 Å². The average molecular weight is 269 g/mol. The van der Waals surface area contributed by atoms with E-state index in [4.69, 9.17) is 0 Å². The van der Waals surface area contributed by atoms with Crippen molar-refractivity contribution in [3.63, 3.8) is 0 Å². The molecule has 0 heterocycles. The highest BCUT2D eigenvalue weighted by atomic mass is 19.1. The third kappa shape index (κ3) is 5.01. The van der Waals surface area contributed by atoms with Crippen molar-refractivity contribution in [1.82, 2.24) is 10.6 Å². The maximum Gasteiger partial charge on any atom is 0.273 e. The molecule has 0 aliphatic rings. The lowest BCUT2D eigenvalue weighted by Gasteiger charge is -2.09. The number of nitro groups is 1. The maximum atomic E-state index is 13.1. The van der Waals surface area contributed by atoms with Gasteiger partial charge >= 0.3 is 0 Å². The Labute approximate surface area is 110 Å². The largest absolute Gasteiger partial charge is 0.351 e. The molecule has 19 heavy (non-hydrogen) atoms. The highest BCUT2D eigenvalue weighted by Gasteiger charge is 2.14. The summed E-state index contributed by atoms with van der Waals surface area (Å²) in [6, 6.07) is 3.09. The number of nitrogens with zero attached hydrogens (tertiary/aromatic N) is 1. The van der Waals surface area contributed by atoms with E-state index in [0.29, 0.717) is 19.1 Å². The molecule has 0 saturated heterocycles. The minimum atomic E-state index is -0.806. The number of hydrogen-bond acceptors (Lipinski definition) is 4. The van der Waals surface area contributed by atoms with Crippen molar-refractivity contribution in [2.75, 3.05) is 13.1 Å². The number of halogens is 1. The van der Waals surface area contributed by atoms with Crippen LogP contribution in [0.3, 0.4) is 0 Å². The fraction of sp³-hybridized carbons (Fsp3) is 0.417. The first kappa shape index (κ1) is 15.0. The topological polar surface area (TPSA) is 84.3 Å². The highest BCUT2D eigenvalue weighted by Crippen LogP contribution is 2.16. The van der Waals surface area contributed by atoms with Crippen LogP contribution in [0.1, 0.15) is 24.2 Å². The Morgan fingerprint density at radius 1 is 1.37 bits per heavy atom. The second kappa shape index (κ2) is 6.79. The number of hydrogen-bond donors (Lipinski definition) is 2. The Hall–Kier alpha value is -2.02. The quantitative estimate of drug-likeness (QED) is 0.465. The Bertz CT molecular complexity index is 477. The van der Waals surface area contributed by atoms with Gasteiger partial charge in [0.1, 0.15) is 5.82 Å². The summed E-state index contributed by atoms with van der Waals surface area (Å²) in [5, 5.41) is 16.2. The molecule has 1 rings (SSSR count). The van der Waals surface area contributed by atoms with E-state index in [1.807, 2.05) is 13.8 Å². The second-order valence-electron chi connectivity index (χ2n) is 4.32. The van der Waals surface area contributed by atoms with Crippen LogP contribution in [0.2, 0.25) is 0 Å². The van der Waals surface area contributed by atoms with Crippen LogP contribution in [0.15, 0.2) is 18.2 Å². The van der Waals surface area contributed by atoms with E-state index in [9.17, 15) is 19.3 Å². The molecule has 1 amide bonds. The van der Waals surface area contributed by atoms with Gasteiger partial charge in [-0.3, -0.25) is 14.9 Å². The molecule has 1 aromatic carbocycles. The van der Waals surface area contributed by atoms with Crippen molar-refractivity contribution in [2.45, 2.75) is 19.9 Å². The SMILES string of the molecule is CC(C)NCCNC(=O)c1cc(F)cc([N+](=O)[O-])c1. The predicted octanol–water partition coefficient (Wildman–Crippen LogP) is 1.46.